The van der Waals surface area contributed by atoms with Crippen LogP contribution in [-0.2, 0) is 26.8 Å². The number of aromatic amines is 4. The topological polar surface area (TPSA) is 188 Å². The molecule has 1 aliphatic rings. The minimum atomic E-state index is -1.72. The molecule has 16 heteroatoms. The molecule has 0 spiro atoms. The SMILES string of the molecule is c1ccc(C2(c3ncc[nH]3)C(c3nccs3)(c3[nH]cc(-c4cnccn4)c3-c3ncccn3)OC(c3cccnn3)(c3ccsn3)C2(c2ccc[nH]2)c2cc3ccccc3[nH]2)cc1. The van der Waals surface area contributed by atoms with E-state index in [9.17, 15) is 0 Å². The molecule has 1 fully saturated rings. The lowest BCUT2D eigenvalue weighted by atomic mass is 9.45. The van der Waals surface area contributed by atoms with E-state index in [0.29, 0.717) is 50.6 Å². The van der Waals surface area contributed by atoms with E-state index in [1.807, 2.05) is 83.9 Å². The van der Waals surface area contributed by atoms with Crippen LogP contribution < -0.4 is 0 Å². The van der Waals surface area contributed by atoms with E-state index >= 15 is 0 Å². The third kappa shape index (κ3) is 4.93. The van der Waals surface area contributed by atoms with Crippen molar-refractivity contribution in [3.8, 4) is 22.6 Å². The van der Waals surface area contributed by atoms with E-state index in [2.05, 4.69) is 66.4 Å². The van der Waals surface area contributed by atoms with Crippen LogP contribution >= 0.6 is 22.9 Å². The number of benzene rings is 2. The van der Waals surface area contributed by atoms with Crippen molar-refractivity contribution in [3.63, 3.8) is 0 Å². The van der Waals surface area contributed by atoms with E-state index in [1.165, 1.54) is 22.9 Å². The number of imidazole rings is 1. The third-order valence-electron chi connectivity index (χ3n) is 12.2. The van der Waals surface area contributed by atoms with E-state index in [4.69, 9.17) is 39.1 Å². The molecule has 0 aliphatic carbocycles. The first-order valence-corrected chi connectivity index (χ1v) is 21.8. The molecule has 63 heavy (non-hydrogen) atoms. The third-order valence-corrected chi connectivity index (χ3v) is 13.7. The Bertz CT molecular complexity index is 3240. The van der Waals surface area contributed by atoms with Crippen molar-refractivity contribution in [2.24, 2.45) is 0 Å². The molecule has 0 amide bonds. The van der Waals surface area contributed by atoms with Gasteiger partial charge in [-0.3, -0.25) is 9.97 Å². The van der Waals surface area contributed by atoms with Crippen LogP contribution in [0.2, 0.25) is 0 Å². The number of nitrogens with zero attached hydrogens (tertiary/aromatic N) is 9. The lowest BCUT2D eigenvalue weighted by molar-refractivity contribution is -0.0930. The van der Waals surface area contributed by atoms with Crippen LogP contribution in [0.3, 0.4) is 0 Å². The fraction of sp³-hybridized carbons (Fsp3) is 0.0851. The molecule has 1 aliphatic heterocycles. The first kappa shape index (κ1) is 37.0. The molecule has 11 aromatic rings. The quantitative estimate of drug-likeness (QED) is 0.104. The number of fused-ring (bicyclic) bond motifs is 1. The molecule has 10 heterocycles. The molecule has 14 nitrogen and oxygen atoms in total. The number of hydrogen-bond acceptors (Lipinski definition) is 12. The summed E-state index contributed by atoms with van der Waals surface area (Å²) in [6.45, 7) is 0. The van der Waals surface area contributed by atoms with Gasteiger partial charge in [0, 0.05) is 95.2 Å². The maximum absolute atomic E-state index is 8.66. The summed E-state index contributed by atoms with van der Waals surface area (Å²) >= 11 is 2.80. The number of rotatable bonds is 10. The second kappa shape index (κ2) is 14.4. The maximum Gasteiger partial charge on any atom is 0.180 e. The van der Waals surface area contributed by atoms with Gasteiger partial charge in [-0.15, -0.1) is 11.3 Å². The maximum atomic E-state index is 8.66. The molecule has 1 saturated heterocycles. The van der Waals surface area contributed by atoms with Gasteiger partial charge in [0.15, 0.2) is 17.0 Å². The van der Waals surface area contributed by atoms with Crippen LogP contribution in [0.25, 0.3) is 33.5 Å². The first-order chi connectivity index (χ1) is 31.2. The van der Waals surface area contributed by atoms with E-state index in [0.717, 1.165) is 27.9 Å². The van der Waals surface area contributed by atoms with Gasteiger partial charge in [0.2, 0.25) is 0 Å². The second-order valence-electron chi connectivity index (χ2n) is 15.1. The van der Waals surface area contributed by atoms with Crippen LogP contribution in [0, 0.1) is 0 Å². The molecule has 2 aromatic carbocycles. The molecule has 12 rings (SSSR count). The molecule has 0 radical (unpaired) electrons. The van der Waals surface area contributed by atoms with Gasteiger partial charge in [-0.1, -0.05) is 48.5 Å². The largest absolute Gasteiger partial charge is 0.364 e. The Morgan fingerprint density at radius 3 is 2.25 bits per heavy atom. The minimum absolute atomic E-state index is 0.428. The number of aromatic nitrogens is 13. The summed E-state index contributed by atoms with van der Waals surface area (Å²) in [5, 5.41) is 15.2. The molecule has 9 aromatic heterocycles. The van der Waals surface area contributed by atoms with Crippen LogP contribution in [-0.4, -0.2) is 64.4 Å². The van der Waals surface area contributed by atoms with Gasteiger partial charge in [0.25, 0.3) is 0 Å². The van der Waals surface area contributed by atoms with Gasteiger partial charge in [-0.05, 0) is 71.0 Å². The summed E-state index contributed by atoms with van der Waals surface area (Å²) in [5.74, 6) is 0.992. The Balaban J connectivity index is 1.41. The standard InChI is InChI=1S/C47H33N13OS2/c1-2-10-31(11-3-1)44(42-53-22-23-54-42)45(35-13-6-16-50-35,38-27-30-9-4-5-12-33(30)58-38)46(37-15-25-63-60-37,36-14-7-19-57-59-36)61-47(44,43-55-24-26-62-43)40-39(41-51-17-8-18-52-41)32(28-56-40)34-29-48-20-21-49-34/h1-29,50,56,58H,(H,53,54). The van der Waals surface area contributed by atoms with Crippen LogP contribution in [0.1, 0.15) is 44.9 Å². The predicted molar refractivity (Wildman–Crippen MR) is 237 cm³/mol. The highest BCUT2D eigenvalue weighted by Crippen LogP contribution is 2.77. The zero-order valence-electron chi connectivity index (χ0n) is 33.0. The Hall–Kier alpha value is -7.79. The zero-order chi connectivity index (χ0) is 41.9. The monoisotopic (exact) mass is 859 g/mol. The lowest BCUT2D eigenvalue weighted by Crippen LogP contribution is -2.63. The smallest absolute Gasteiger partial charge is 0.180 e. The number of para-hydroxylation sites is 1. The second-order valence-corrected chi connectivity index (χ2v) is 16.6. The number of H-pyrrole nitrogens is 4. The molecular weight excluding hydrogens is 827 g/mol. The Kier molecular flexibility index (Phi) is 8.46. The number of ether oxygens (including phenoxy) is 1. The molecule has 0 bridgehead atoms. The summed E-state index contributed by atoms with van der Waals surface area (Å²) in [5.41, 5.74) is 0.488. The zero-order valence-corrected chi connectivity index (χ0v) is 34.6. The number of thiazole rings is 1. The molecule has 4 N–H and O–H groups in total. The summed E-state index contributed by atoms with van der Waals surface area (Å²) in [4.78, 5) is 45.1. The van der Waals surface area contributed by atoms with Crippen molar-refractivity contribution < 1.29 is 4.74 Å². The van der Waals surface area contributed by atoms with Gasteiger partial charge in [0.05, 0.1) is 28.8 Å². The Morgan fingerprint density at radius 2 is 1.52 bits per heavy atom. The van der Waals surface area contributed by atoms with Crippen molar-refractivity contribution in [2.75, 3.05) is 0 Å². The van der Waals surface area contributed by atoms with Crippen molar-refractivity contribution in [1.29, 1.82) is 0 Å². The molecule has 0 saturated carbocycles. The lowest BCUT2D eigenvalue weighted by Gasteiger charge is -2.52. The van der Waals surface area contributed by atoms with Crippen molar-refractivity contribution in [2.45, 2.75) is 22.0 Å². The molecule has 4 atom stereocenters. The fourth-order valence-electron chi connectivity index (χ4n) is 10.2. The molecule has 4 unspecified atom stereocenters. The van der Waals surface area contributed by atoms with Gasteiger partial charge in [-0.2, -0.15) is 14.6 Å². The van der Waals surface area contributed by atoms with Crippen molar-refractivity contribution in [1.82, 2.24) is 64.4 Å². The summed E-state index contributed by atoms with van der Waals surface area (Å²) < 4.78 is 13.9. The first-order valence-electron chi connectivity index (χ1n) is 20.1. The van der Waals surface area contributed by atoms with Gasteiger partial charge < -0.3 is 24.7 Å². The van der Waals surface area contributed by atoms with Crippen molar-refractivity contribution in [3.05, 3.63) is 221 Å². The average molecular weight is 860 g/mol. The van der Waals surface area contributed by atoms with Crippen molar-refractivity contribution >= 4 is 33.8 Å². The van der Waals surface area contributed by atoms with E-state index < -0.39 is 22.0 Å². The van der Waals surface area contributed by atoms with Crippen LogP contribution in [0.4, 0.5) is 0 Å². The highest BCUT2D eigenvalue weighted by Gasteiger charge is 2.87. The highest BCUT2D eigenvalue weighted by atomic mass is 32.1. The fourth-order valence-corrected chi connectivity index (χ4v) is 11.6. The molecular formula is C47H33N13OS2. The summed E-state index contributed by atoms with van der Waals surface area (Å²) in [6.07, 6.45) is 19.5. The Morgan fingerprint density at radius 1 is 0.619 bits per heavy atom. The van der Waals surface area contributed by atoms with Gasteiger partial charge >= 0.3 is 0 Å². The van der Waals surface area contributed by atoms with Crippen LogP contribution in [0.5, 0.6) is 0 Å². The van der Waals surface area contributed by atoms with Gasteiger partial charge in [-0.25, -0.2) is 19.9 Å². The highest BCUT2D eigenvalue weighted by molar-refractivity contribution is 7.09. The summed E-state index contributed by atoms with van der Waals surface area (Å²) in [7, 11) is 0. The predicted octanol–water partition coefficient (Wildman–Crippen LogP) is 8.35. The average Bonchev–Trinajstić information content (AvgIpc) is 4.21. The van der Waals surface area contributed by atoms with Crippen LogP contribution in [0.15, 0.2) is 176 Å². The Labute approximate surface area is 366 Å². The molecule has 304 valence electrons. The normalized spacial score (nSPS) is 22.2. The van der Waals surface area contributed by atoms with Gasteiger partial charge in [0.1, 0.15) is 27.4 Å². The summed E-state index contributed by atoms with van der Waals surface area (Å²) in [6, 6.07) is 32.6. The van der Waals surface area contributed by atoms with E-state index in [-0.39, 0.29) is 0 Å². The number of nitrogens with one attached hydrogen (secondary N) is 4. The minimum Gasteiger partial charge on any atom is -0.364 e. The number of hydrogen-bond donors (Lipinski definition) is 4. The van der Waals surface area contributed by atoms with E-state index in [1.54, 1.807) is 55.6 Å².